The first kappa shape index (κ1) is 34.1. The van der Waals surface area contributed by atoms with Crippen molar-refractivity contribution in [2.75, 3.05) is 42.5 Å². The van der Waals surface area contributed by atoms with Gasteiger partial charge in [0, 0.05) is 34.8 Å². The molecular formula is C30H27F5N8O4S. The number of anilines is 4. The highest BCUT2D eigenvalue weighted by molar-refractivity contribution is 7.13. The van der Waals surface area contributed by atoms with Gasteiger partial charge >= 0.3 is 18.2 Å². The Morgan fingerprint density at radius 3 is 2.50 bits per heavy atom. The fourth-order valence-electron chi connectivity index (χ4n) is 4.71. The van der Waals surface area contributed by atoms with Crippen LogP contribution in [0.25, 0.3) is 11.3 Å². The molecule has 2 aromatic carbocycles. The molecule has 0 fully saturated rings. The van der Waals surface area contributed by atoms with Gasteiger partial charge in [0.15, 0.2) is 5.82 Å². The second kappa shape index (κ2) is 13.9. The molecule has 252 valence electrons. The molecule has 0 saturated heterocycles. The van der Waals surface area contributed by atoms with Crippen LogP contribution >= 0.6 is 11.3 Å². The summed E-state index contributed by atoms with van der Waals surface area (Å²) in [6.45, 7) is 2.57. The van der Waals surface area contributed by atoms with Crippen molar-refractivity contribution in [3.63, 3.8) is 0 Å². The summed E-state index contributed by atoms with van der Waals surface area (Å²) in [5.74, 6) is -5.99. The van der Waals surface area contributed by atoms with Crippen LogP contribution < -0.4 is 20.6 Å². The average molecular weight is 691 g/mol. The summed E-state index contributed by atoms with van der Waals surface area (Å²) >= 11 is 0.753. The van der Waals surface area contributed by atoms with Crippen molar-refractivity contribution in [2.24, 2.45) is 0 Å². The molecule has 0 aliphatic carbocycles. The van der Waals surface area contributed by atoms with Gasteiger partial charge in [-0.2, -0.15) is 18.2 Å². The van der Waals surface area contributed by atoms with Gasteiger partial charge in [0.25, 0.3) is 5.91 Å². The fraction of sp³-hybridized carbons (Fsp3) is 0.267. The van der Waals surface area contributed by atoms with Crippen molar-refractivity contribution in [3.05, 3.63) is 76.3 Å². The van der Waals surface area contributed by atoms with Crippen LogP contribution in [0.4, 0.5) is 49.3 Å². The number of carbonyl (C=O) groups is 3. The van der Waals surface area contributed by atoms with E-state index in [-0.39, 0.29) is 50.9 Å². The van der Waals surface area contributed by atoms with E-state index >= 15 is 8.78 Å². The number of urea groups is 1. The molecule has 3 amide bonds. The van der Waals surface area contributed by atoms with Crippen LogP contribution in [0.15, 0.2) is 48.0 Å². The maximum atomic E-state index is 15.0. The summed E-state index contributed by atoms with van der Waals surface area (Å²) in [4.78, 5) is 58.5. The Morgan fingerprint density at radius 1 is 1.12 bits per heavy atom. The number of alkyl halides is 3. The lowest BCUT2D eigenvalue weighted by atomic mass is 9.97. The monoisotopic (exact) mass is 690 g/mol. The molecule has 3 heterocycles. The summed E-state index contributed by atoms with van der Waals surface area (Å²) < 4.78 is 69.4. The minimum Gasteiger partial charge on any atom is -0.354 e. The van der Waals surface area contributed by atoms with Gasteiger partial charge in [0.2, 0.25) is 11.1 Å². The predicted octanol–water partition coefficient (Wildman–Crippen LogP) is 5.58. The number of benzene rings is 2. The van der Waals surface area contributed by atoms with Gasteiger partial charge in [0.1, 0.15) is 17.3 Å². The molecule has 2 N–H and O–H groups in total. The predicted molar refractivity (Wildman–Crippen MR) is 166 cm³/mol. The smallest absolute Gasteiger partial charge is 0.354 e. The van der Waals surface area contributed by atoms with E-state index in [1.54, 1.807) is 6.92 Å². The third kappa shape index (κ3) is 7.18. The van der Waals surface area contributed by atoms with Crippen LogP contribution in [0.2, 0.25) is 0 Å². The SMILES string of the molecule is Cc1ccc(C(=O)N(OC(=O)C(F)(F)F)c2nccs2)cc1-c1nc(NCCCN(C)C)nc2c1CNC(=O)N2c1c(F)cccc1F. The lowest BCUT2D eigenvalue weighted by Gasteiger charge is -2.31. The first-order valence-electron chi connectivity index (χ1n) is 14.2. The number of amides is 3. The average Bonchev–Trinajstić information content (AvgIpc) is 3.56. The molecular weight excluding hydrogens is 663 g/mol. The van der Waals surface area contributed by atoms with E-state index < -0.39 is 41.4 Å². The number of halogens is 5. The molecule has 0 atom stereocenters. The Kier molecular flexibility index (Phi) is 9.85. The largest absolute Gasteiger partial charge is 0.493 e. The molecule has 4 aromatic rings. The third-order valence-corrected chi connectivity index (χ3v) is 7.71. The number of fused-ring (bicyclic) bond motifs is 1. The van der Waals surface area contributed by atoms with Gasteiger partial charge in [-0.15, -0.1) is 16.4 Å². The fourth-order valence-corrected chi connectivity index (χ4v) is 5.29. The molecule has 1 aliphatic heterocycles. The normalized spacial score (nSPS) is 12.9. The van der Waals surface area contributed by atoms with Crippen LogP contribution in [0, 0.1) is 18.6 Å². The number of hydroxylamine groups is 1. The van der Waals surface area contributed by atoms with Crippen LogP contribution in [0.5, 0.6) is 0 Å². The van der Waals surface area contributed by atoms with Crippen LogP contribution in [-0.4, -0.2) is 71.1 Å². The van der Waals surface area contributed by atoms with Crippen LogP contribution in [0.3, 0.4) is 0 Å². The Balaban J connectivity index is 1.64. The second-order valence-electron chi connectivity index (χ2n) is 10.7. The number of carbonyl (C=O) groups excluding carboxylic acids is 3. The highest BCUT2D eigenvalue weighted by Gasteiger charge is 2.44. The summed E-state index contributed by atoms with van der Waals surface area (Å²) in [5, 5.41) is 6.81. The van der Waals surface area contributed by atoms with E-state index in [9.17, 15) is 27.6 Å². The van der Waals surface area contributed by atoms with Crippen LogP contribution in [-0.2, 0) is 16.2 Å². The number of thiazole rings is 1. The van der Waals surface area contributed by atoms with Gasteiger partial charge in [0.05, 0.1) is 12.2 Å². The van der Waals surface area contributed by atoms with E-state index in [1.807, 2.05) is 19.0 Å². The van der Waals surface area contributed by atoms with Crippen LogP contribution in [0.1, 0.15) is 27.9 Å². The van der Waals surface area contributed by atoms with Crippen molar-refractivity contribution < 1.29 is 41.2 Å². The first-order chi connectivity index (χ1) is 22.8. The van der Waals surface area contributed by atoms with Gasteiger partial charge in [-0.3, -0.25) is 4.79 Å². The molecule has 0 unspecified atom stereocenters. The summed E-state index contributed by atoms with van der Waals surface area (Å²) in [7, 11) is 3.79. The van der Waals surface area contributed by atoms with Gasteiger partial charge in [-0.1, -0.05) is 12.1 Å². The molecule has 0 spiro atoms. The minimum atomic E-state index is -5.40. The van der Waals surface area contributed by atoms with E-state index in [1.165, 1.54) is 29.8 Å². The molecule has 1 aliphatic rings. The standard InChI is InChI=1S/C30H27F5N8O4S/c1-16-8-9-17(25(44)43(29-37-11-13-48-29)47-26(45)30(33,34)35)14-18(16)22-19-15-38-28(46)42(23-20(31)6-4-7-21(23)32)24(19)40-27(39-22)36-10-5-12-41(2)3/h4,6-9,11,13-14H,5,10,12,15H2,1-3H3,(H,38,46)(H,36,39,40). The molecule has 2 aromatic heterocycles. The van der Waals surface area contributed by atoms with Crippen molar-refractivity contribution in [3.8, 4) is 11.3 Å². The number of para-hydroxylation sites is 1. The van der Waals surface area contributed by atoms with E-state index in [0.29, 0.717) is 25.1 Å². The highest BCUT2D eigenvalue weighted by Crippen LogP contribution is 2.39. The van der Waals surface area contributed by atoms with Gasteiger partial charge in [-0.25, -0.2) is 33.2 Å². The highest BCUT2D eigenvalue weighted by atomic mass is 32.1. The molecule has 18 heteroatoms. The van der Waals surface area contributed by atoms with E-state index in [4.69, 9.17) is 0 Å². The third-order valence-electron chi connectivity index (χ3n) is 6.97. The van der Waals surface area contributed by atoms with E-state index in [2.05, 4.69) is 30.4 Å². The summed E-state index contributed by atoms with van der Waals surface area (Å²) in [6, 6.07) is 6.36. The number of hydrogen-bond acceptors (Lipinski definition) is 10. The maximum absolute atomic E-state index is 15.0. The number of aryl methyl sites for hydroxylation is 1. The first-order valence-corrected chi connectivity index (χ1v) is 15.1. The minimum absolute atomic E-state index is 0.00129. The zero-order valence-corrected chi connectivity index (χ0v) is 26.4. The summed E-state index contributed by atoms with van der Waals surface area (Å²) in [6.07, 6.45) is -3.54. The lowest BCUT2D eigenvalue weighted by Crippen LogP contribution is -2.43. The summed E-state index contributed by atoms with van der Waals surface area (Å²) in [5.41, 5.74) is 0.277. The topological polar surface area (TPSA) is 133 Å². The van der Waals surface area contributed by atoms with E-state index in [0.717, 1.165) is 34.4 Å². The quantitative estimate of drug-likeness (QED) is 0.131. The molecule has 0 saturated carbocycles. The number of aromatic nitrogens is 3. The van der Waals surface area contributed by atoms with Crippen molar-refractivity contribution in [1.82, 2.24) is 25.2 Å². The lowest BCUT2D eigenvalue weighted by molar-refractivity contribution is -0.199. The van der Waals surface area contributed by atoms with Gasteiger partial charge < -0.3 is 20.4 Å². The Bertz CT molecular complexity index is 1840. The Morgan fingerprint density at radius 2 is 1.85 bits per heavy atom. The molecule has 0 bridgehead atoms. The molecule has 5 rings (SSSR count). The molecule has 0 radical (unpaired) electrons. The Hall–Kier alpha value is -5.23. The number of nitrogens with zero attached hydrogens (tertiary/aromatic N) is 6. The maximum Gasteiger partial charge on any atom is 0.493 e. The zero-order chi connectivity index (χ0) is 34.7. The second-order valence-corrected chi connectivity index (χ2v) is 11.5. The number of nitrogens with one attached hydrogen (secondary N) is 2. The molecule has 12 nitrogen and oxygen atoms in total. The van der Waals surface area contributed by atoms with Crippen molar-refractivity contribution in [2.45, 2.75) is 26.1 Å². The van der Waals surface area contributed by atoms with Crippen molar-refractivity contribution >= 4 is 51.8 Å². The van der Waals surface area contributed by atoms with Gasteiger partial charge in [-0.05, 0) is 63.8 Å². The number of rotatable bonds is 9. The number of hydrogen-bond donors (Lipinski definition) is 2. The van der Waals surface area contributed by atoms with Crippen molar-refractivity contribution in [1.29, 1.82) is 0 Å². The Labute approximate surface area is 274 Å². The molecule has 48 heavy (non-hydrogen) atoms. The zero-order valence-electron chi connectivity index (χ0n) is 25.6.